The maximum absolute atomic E-state index is 12.9. The number of piperazine rings is 1. The van der Waals surface area contributed by atoms with Gasteiger partial charge in [0.05, 0.1) is 4.90 Å². The van der Waals surface area contributed by atoms with Gasteiger partial charge >= 0.3 is 0 Å². The third-order valence-corrected chi connectivity index (χ3v) is 7.20. The Hall–Kier alpha value is -1.44. The molecule has 1 aromatic rings. The van der Waals surface area contributed by atoms with E-state index in [1.54, 1.807) is 34.3 Å². The molecule has 6 nitrogen and oxygen atoms in total. The molecule has 7 heteroatoms. The smallest absolute Gasteiger partial charge is 0.243 e. The van der Waals surface area contributed by atoms with E-state index in [0.717, 1.165) is 24.3 Å². The first kappa shape index (κ1) is 16.1. The summed E-state index contributed by atoms with van der Waals surface area (Å²) in [7, 11) is -3.45. The molecule has 1 aromatic carbocycles. The molecule has 4 rings (SSSR count). The number of nitrogens with zero attached hydrogens (tertiary/aromatic N) is 3. The lowest BCUT2D eigenvalue weighted by molar-refractivity contribution is -0.116. The van der Waals surface area contributed by atoms with Gasteiger partial charge in [0.2, 0.25) is 15.9 Å². The van der Waals surface area contributed by atoms with Gasteiger partial charge in [0.15, 0.2) is 0 Å². The summed E-state index contributed by atoms with van der Waals surface area (Å²) in [6.45, 7) is 4.96. The van der Waals surface area contributed by atoms with Gasteiger partial charge in [-0.05, 0) is 43.0 Å². The quantitative estimate of drug-likeness (QED) is 0.819. The summed E-state index contributed by atoms with van der Waals surface area (Å²) in [6, 6.07) is 5.85. The van der Waals surface area contributed by atoms with Crippen LogP contribution < -0.4 is 4.90 Å². The second kappa shape index (κ2) is 5.82. The Morgan fingerprint density at radius 3 is 2.42 bits per heavy atom. The normalized spacial score (nSPS) is 22.6. The Morgan fingerprint density at radius 1 is 1.08 bits per heavy atom. The van der Waals surface area contributed by atoms with Crippen molar-refractivity contribution < 1.29 is 13.2 Å². The predicted molar refractivity (Wildman–Crippen MR) is 91.5 cm³/mol. The molecule has 0 spiro atoms. The third-order valence-electron chi connectivity index (χ3n) is 5.30. The van der Waals surface area contributed by atoms with E-state index in [1.807, 2.05) is 0 Å². The molecule has 0 aromatic heterocycles. The van der Waals surface area contributed by atoms with Crippen molar-refractivity contribution in [3.63, 3.8) is 0 Å². The molecule has 0 bridgehead atoms. The molecule has 0 N–H and O–H groups in total. The average molecular weight is 349 g/mol. The Bertz CT molecular complexity index is 765. The molecule has 2 fully saturated rings. The van der Waals surface area contributed by atoms with Gasteiger partial charge in [0.1, 0.15) is 0 Å². The summed E-state index contributed by atoms with van der Waals surface area (Å²) >= 11 is 0. The van der Waals surface area contributed by atoms with Crippen LogP contribution in [0.1, 0.15) is 25.3 Å². The summed E-state index contributed by atoms with van der Waals surface area (Å²) in [5.41, 5.74) is 1.79. The number of anilines is 1. The monoisotopic (exact) mass is 349 g/mol. The molecule has 3 aliphatic rings. The number of fused-ring (bicyclic) bond motifs is 1. The van der Waals surface area contributed by atoms with Crippen LogP contribution in [-0.4, -0.2) is 62.3 Å². The zero-order chi connectivity index (χ0) is 16.9. The van der Waals surface area contributed by atoms with E-state index < -0.39 is 10.0 Å². The molecule has 0 atom stereocenters. The highest BCUT2D eigenvalue weighted by Gasteiger charge is 2.35. The lowest BCUT2D eigenvalue weighted by Gasteiger charge is -2.34. The van der Waals surface area contributed by atoms with E-state index in [-0.39, 0.29) is 5.91 Å². The van der Waals surface area contributed by atoms with Crippen LogP contribution in [0.25, 0.3) is 0 Å². The van der Waals surface area contributed by atoms with Gasteiger partial charge in [-0.15, -0.1) is 0 Å². The maximum atomic E-state index is 12.9. The van der Waals surface area contributed by atoms with Gasteiger partial charge in [-0.1, -0.05) is 0 Å². The largest absolute Gasteiger partial charge is 0.312 e. The van der Waals surface area contributed by atoms with Crippen LogP contribution in [0.3, 0.4) is 0 Å². The van der Waals surface area contributed by atoms with Crippen molar-refractivity contribution in [1.29, 1.82) is 0 Å². The number of rotatable bonds is 3. The molecule has 130 valence electrons. The molecule has 1 saturated heterocycles. The molecular formula is C17H23N3O3S. The predicted octanol–water partition coefficient (Wildman–Crippen LogP) is 1.06. The average Bonchev–Trinajstić information content (AvgIpc) is 3.33. The standard InChI is InChI=1S/C17H23N3O3S/c1-13(21)20-7-6-14-12-16(4-5-17(14)20)24(22,23)19-10-8-18(9-11-19)15-2-3-15/h4-5,12,15H,2-3,6-11H2,1H3. The third kappa shape index (κ3) is 2.74. The van der Waals surface area contributed by atoms with Crippen LogP contribution in [0.5, 0.6) is 0 Å². The minimum Gasteiger partial charge on any atom is -0.312 e. The maximum Gasteiger partial charge on any atom is 0.243 e. The molecule has 2 heterocycles. The molecule has 1 aliphatic carbocycles. The van der Waals surface area contributed by atoms with Crippen LogP contribution in [0.2, 0.25) is 0 Å². The Morgan fingerprint density at radius 2 is 1.79 bits per heavy atom. The number of benzene rings is 1. The Balaban J connectivity index is 1.54. The van der Waals surface area contributed by atoms with Crippen molar-refractivity contribution in [3.05, 3.63) is 23.8 Å². The van der Waals surface area contributed by atoms with Gasteiger partial charge in [-0.25, -0.2) is 8.42 Å². The van der Waals surface area contributed by atoms with E-state index in [0.29, 0.717) is 37.0 Å². The number of hydrogen-bond donors (Lipinski definition) is 0. The summed E-state index contributed by atoms with van der Waals surface area (Å²) in [5, 5.41) is 0. The van der Waals surface area contributed by atoms with Crippen LogP contribution in [-0.2, 0) is 21.2 Å². The van der Waals surface area contributed by atoms with Crippen LogP contribution in [0.4, 0.5) is 5.69 Å². The van der Waals surface area contributed by atoms with Crippen LogP contribution in [0, 0.1) is 0 Å². The molecule has 1 saturated carbocycles. The number of carbonyl (C=O) groups excluding carboxylic acids is 1. The minimum atomic E-state index is -3.45. The second-order valence-electron chi connectivity index (χ2n) is 6.88. The summed E-state index contributed by atoms with van der Waals surface area (Å²) in [6.07, 6.45) is 3.22. The second-order valence-corrected chi connectivity index (χ2v) is 8.82. The van der Waals surface area contributed by atoms with Crippen molar-refractivity contribution in [3.8, 4) is 0 Å². The van der Waals surface area contributed by atoms with E-state index in [1.165, 1.54) is 12.8 Å². The highest BCUT2D eigenvalue weighted by Crippen LogP contribution is 2.32. The van der Waals surface area contributed by atoms with Gasteiger partial charge in [-0.3, -0.25) is 9.69 Å². The topological polar surface area (TPSA) is 60.9 Å². The van der Waals surface area contributed by atoms with Crippen molar-refractivity contribution in [2.24, 2.45) is 0 Å². The van der Waals surface area contributed by atoms with E-state index in [9.17, 15) is 13.2 Å². The summed E-state index contributed by atoms with van der Waals surface area (Å²) in [5.74, 6) is 0.000514. The molecule has 1 amide bonds. The fourth-order valence-corrected chi connectivity index (χ4v) is 5.24. The van der Waals surface area contributed by atoms with E-state index in [2.05, 4.69) is 4.90 Å². The van der Waals surface area contributed by atoms with Gasteiger partial charge in [-0.2, -0.15) is 4.31 Å². The summed E-state index contributed by atoms with van der Waals surface area (Å²) in [4.78, 5) is 16.1. The van der Waals surface area contributed by atoms with Gasteiger partial charge < -0.3 is 4.90 Å². The number of sulfonamides is 1. The van der Waals surface area contributed by atoms with Crippen LogP contribution in [0.15, 0.2) is 23.1 Å². The van der Waals surface area contributed by atoms with Crippen molar-refractivity contribution in [1.82, 2.24) is 9.21 Å². The molecule has 24 heavy (non-hydrogen) atoms. The molecular weight excluding hydrogens is 326 g/mol. The van der Waals surface area contributed by atoms with Crippen molar-refractivity contribution in [2.45, 2.75) is 37.1 Å². The Kier molecular flexibility index (Phi) is 3.89. The molecule has 0 radical (unpaired) electrons. The molecule has 2 aliphatic heterocycles. The zero-order valence-electron chi connectivity index (χ0n) is 13.9. The first-order valence-corrected chi connectivity index (χ1v) is 10.1. The van der Waals surface area contributed by atoms with Gasteiger partial charge in [0.25, 0.3) is 0 Å². The van der Waals surface area contributed by atoms with Crippen LogP contribution >= 0.6 is 0 Å². The highest BCUT2D eigenvalue weighted by molar-refractivity contribution is 7.89. The van der Waals surface area contributed by atoms with Crippen molar-refractivity contribution in [2.75, 3.05) is 37.6 Å². The lowest BCUT2D eigenvalue weighted by Crippen LogP contribution is -2.49. The Labute approximate surface area is 143 Å². The number of carbonyl (C=O) groups is 1. The first-order chi connectivity index (χ1) is 11.5. The van der Waals surface area contributed by atoms with E-state index in [4.69, 9.17) is 0 Å². The summed E-state index contributed by atoms with van der Waals surface area (Å²) < 4.78 is 27.4. The zero-order valence-corrected chi connectivity index (χ0v) is 14.8. The highest BCUT2D eigenvalue weighted by atomic mass is 32.2. The SMILES string of the molecule is CC(=O)N1CCc2cc(S(=O)(=O)N3CCN(C4CC4)CC3)ccc21. The fourth-order valence-electron chi connectivity index (χ4n) is 3.76. The lowest BCUT2D eigenvalue weighted by atomic mass is 10.2. The first-order valence-electron chi connectivity index (χ1n) is 8.62. The van der Waals surface area contributed by atoms with E-state index >= 15 is 0 Å². The fraction of sp³-hybridized carbons (Fsp3) is 0.588. The molecule has 0 unspecified atom stereocenters. The van der Waals surface area contributed by atoms with Crippen molar-refractivity contribution >= 4 is 21.6 Å². The minimum absolute atomic E-state index is 0.000514. The number of amides is 1. The number of hydrogen-bond acceptors (Lipinski definition) is 4. The van der Waals surface area contributed by atoms with Gasteiger partial charge in [0, 0.05) is 51.4 Å².